The molecule has 2 aromatic rings. The molecule has 1 aliphatic heterocycles. The fourth-order valence-electron chi connectivity index (χ4n) is 2.70. The molecule has 0 atom stereocenters. The van der Waals surface area contributed by atoms with Crippen LogP contribution in [0.2, 0.25) is 0 Å². The maximum atomic E-state index is 12.5. The smallest absolute Gasteiger partial charge is 0.252 e. The van der Waals surface area contributed by atoms with Crippen molar-refractivity contribution in [2.45, 2.75) is 0 Å². The normalized spacial score (nSPS) is 15.2. The quantitative estimate of drug-likeness (QED) is 0.819. The fourth-order valence-corrected chi connectivity index (χ4v) is 2.70. The number of nitrogens with one attached hydrogen (secondary N) is 1. The summed E-state index contributed by atoms with van der Waals surface area (Å²) >= 11 is 0. The first-order valence-electron chi connectivity index (χ1n) is 8.00. The summed E-state index contributed by atoms with van der Waals surface area (Å²) in [6.45, 7) is 4.65. The van der Waals surface area contributed by atoms with Crippen molar-refractivity contribution in [1.82, 2.24) is 10.2 Å². The Bertz CT molecular complexity index is 705. The summed E-state index contributed by atoms with van der Waals surface area (Å²) in [6, 6.07) is 10.5. The van der Waals surface area contributed by atoms with Gasteiger partial charge in [0, 0.05) is 31.7 Å². The number of amides is 1. The summed E-state index contributed by atoms with van der Waals surface area (Å²) in [4.78, 5) is 25.5. The number of carbonyl (C=O) groups is 2. The first-order valence-corrected chi connectivity index (χ1v) is 8.00. The Kier molecular flexibility index (Phi) is 5.40. The number of rotatable bonds is 6. The highest BCUT2D eigenvalue weighted by Gasteiger charge is 2.15. The lowest BCUT2D eigenvalue weighted by Gasteiger charge is -2.26. The predicted octanol–water partition coefficient (Wildman–Crippen LogP) is 1.82. The van der Waals surface area contributed by atoms with E-state index in [1.807, 2.05) is 18.2 Å². The SMILES string of the molecule is O=Cc1ccc(-c2ccccc2C(=O)NCCN2CCOCC2)o1. The second kappa shape index (κ2) is 7.90. The summed E-state index contributed by atoms with van der Waals surface area (Å²) in [5, 5.41) is 2.94. The minimum absolute atomic E-state index is 0.150. The van der Waals surface area contributed by atoms with Gasteiger partial charge in [0.25, 0.3) is 5.91 Å². The summed E-state index contributed by atoms with van der Waals surface area (Å²) in [5.41, 5.74) is 1.21. The highest BCUT2D eigenvalue weighted by molar-refractivity contribution is 6.00. The lowest BCUT2D eigenvalue weighted by Crippen LogP contribution is -2.41. The van der Waals surface area contributed by atoms with E-state index in [1.54, 1.807) is 18.2 Å². The van der Waals surface area contributed by atoms with Crippen molar-refractivity contribution in [3.63, 3.8) is 0 Å². The van der Waals surface area contributed by atoms with E-state index in [1.165, 1.54) is 0 Å². The Balaban J connectivity index is 1.65. The Morgan fingerprint density at radius 1 is 1.17 bits per heavy atom. The molecule has 1 fully saturated rings. The number of aldehydes is 1. The van der Waals surface area contributed by atoms with Crippen LogP contribution in [0.25, 0.3) is 11.3 Å². The molecule has 126 valence electrons. The first-order chi connectivity index (χ1) is 11.8. The molecule has 0 aliphatic carbocycles. The highest BCUT2D eigenvalue weighted by Crippen LogP contribution is 2.25. The van der Waals surface area contributed by atoms with E-state index in [-0.39, 0.29) is 11.7 Å². The number of morpholine rings is 1. The zero-order valence-electron chi connectivity index (χ0n) is 13.4. The van der Waals surface area contributed by atoms with E-state index >= 15 is 0 Å². The van der Waals surface area contributed by atoms with Crippen molar-refractivity contribution in [2.24, 2.45) is 0 Å². The van der Waals surface area contributed by atoms with E-state index < -0.39 is 0 Å². The number of furan rings is 1. The Hall–Kier alpha value is -2.44. The number of carbonyl (C=O) groups excluding carboxylic acids is 2. The van der Waals surface area contributed by atoms with Gasteiger partial charge in [0.05, 0.1) is 18.8 Å². The van der Waals surface area contributed by atoms with Crippen LogP contribution in [0.5, 0.6) is 0 Å². The maximum absolute atomic E-state index is 12.5. The van der Waals surface area contributed by atoms with Gasteiger partial charge in [0.1, 0.15) is 5.76 Å². The molecule has 0 radical (unpaired) electrons. The molecule has 1 saturated heterocycles. The summed E-state index contributed by atoms with van der Waals surface area (Å²) in [6.07, 6.45) is 0.647. The van der Waals surface area contributed by atoms with Crippen molar-refractivity contribution in [2.75, 3.05) is 39.4 Å². The number of hydrogen-bond donors (Lipinski definition) is 1. The molecule has 3 rings (SSSR count). The van der Waals surface area contributed by atoms with Crippen molar-refractivity contribution >= 4 is 12.2 Å². The first kappa shape index (κ1) is 16.4. The van der Waals surface area contributed by atoms with Crippen LogP contribution in [0, 0.1) is 0 Å². The molecule has 0 saturated carbocycles. The van der Waals surface area contributed by atoms with E-state index in [4.69, 9.17) is 9.15 Å². The summed E-state index contributed by atoms with van der Waals surface area (Å²) < 4.78 is 10.7. The van der Waals surface area contributed by atoms with Crippen LogP contribution in [0.1, 0.15) is 20.9 Å². The average molecular weight is 328 g/mol. The number of ether oxygens (including phenoxy) is 1. The van der Waals surface area contributed by atoms with Gasteiger partial charge in [-0.1, -0.05) is 18.2 Å². The lowest BCUT2D eigenvalue weighted by atomic mass is 10.0. The zero-order chi connectivity index (χ0) is 16.8. The predicted molar refractivity (Wildman–Crippen MR) is 89.1 cm³/mol. The van der Waals surface area contributed by atoms with Gasteiger partial charge < -0.3 is 14.5 Å². The van der Waals surface area contributed by atoms with Gasteiger partial charge in [0.2, 0.25) is 0 Å². The Morgan fingerprint density at radius 2 is 1.96 bits per heavy atom. The van der Waals surface area contributed by atoms with E-state index in [9.17, 15) is 9.59 Å². The van der Waals surface area contributed by atoms with Gasteiger partial charge in [-0.2, -0.15) is 0 Å². The third-order valence-electron chi connectivity index (χ3n) is 4.00. The van der Waals surface area contributed by atoms with Gasteiger partial charge in [-0.05, 0) is 18.2 Å². The van der Waals surface area contributed by atoms with Crippen LogP contribution < -0.4 is 5.32 Å². The van der Waals surface area contributed by atoms with Crippen LogP contribution in [0.4, 0.5) is 0 Å². The average Bonchev–Trinajstić information content (AvgIpc) is 3.11. The van der Waals surface area contributed by atoms with Crippen molar-refractivity contribution in [3.05, 3.63) is 47.7 Å². The maximum Gasteiger partial charge on any atom is 0.252 e. The number of nitrogens with zero attached hydrogens (tertiary/aromatic N) is 1. The Labute approximate surface area is 140 Å². The lowest BCUT2D eigenvalue weighted by molar-refractivity contribution is 0.0383. The van der Waals surface area contributed by atoms with E-state index in [0.29, 0.717) is 29.7 Å². The molecule has 6 heteroatoms. The molecule has 6 nitrogen and oxygen atoms in total. The second-order valence-corrected chi connectivity index (χ2v) is 5.58. The molecule has 2 heterocycles. The minimum atomic E-state index is -0.150. The van der Waals surface area contributed by atoms with Gasteiger partial charge >= 0.3 is 0 Å². The van der Waals surface area contributed by atoms with Crippen LogP contribution >= 0.6 is 0 Å². The molecule has 24 heavy (non-hydrogen) atoms. The molecule has 0 unspecified atom stereocenters. The van der Waals surface area contributed by atoms with E-state index in [2.05, 4.69) is 10.2 Å². The molecule has 0 bridgehead atoms. The fraction of sp³-hybridized carbons (Fsp3) is 0.333. The van der Waals surface area contributed by atoms with Gasteiger partial charge in [-0.15, -0.1) is 0 Å². The molecular formula is C18H20N2O4. The zero-order valence-corrected chi connectivity index (χ0v) is 13.4. The van der Waals surface area contributed by atoms with Crippen LogP contribution in [-0.4, -0.2) is 56.5 Å². The monoisotopic (exact) mass is 328 g/mol. The minimum Gasteiger partial charge on any atom is -0.453 e. The van der Waals surface area contributed by atoms with Gasteiger partial charge in [-0.25, -0.2) is 0 Å². The standard InChI is InChI=1S/C18H20N2O4/c21-13-14-5-6-17(24-14)15-3-1-2-4-16(15)18(22)19-7-8-20-9-11-23-12-10-20/h1-6,13H,7-12H2,(H,19,22). The largest absolute Gasteiger partial charge is 0.453 e. The van der Waals surface area contributed by atoms with Crippen molar-refractivity contribution < 1.29 is 18.7 Å². The van der Waals surface area contributed by atoms with Gasteiger partial charge in [0.15, 0.2) is 12.0 Å². The van der Waals surface area contributed by atoms with Gasteiger partial charge in [-0.3, -0.25) is 14.5 Å². The summed E-state index contributed by atoms with van der Waals surface area (Å²) in [7, 11) is 0. The third-order valence-corrected chi connectivity index (χ3v) is 4.00. The molecule has 0 spiro atoms. The highest BCUT2D eigenvalue weighted by atomic mass is 16.5. The summed E-state index contributed by atoms with van der Waals surface area (Å²) in [5.74, 6) is 0.603. The second-order valence-electron chi connectivity index (χ2n) is 5.58. The molecule has 1 aliphatic rings. The molecular weight excluding hydrogens is 308 g/mol. The molecule has 1 amide bonds. The van der Waals surface area contributed by atoms with Crippen LogP contribution in [0.3, 0.4) is 0 Å². The Morgan fingerprint density at radius 3 is 2.71 bits per heavy atom. The van der Waals surface area contributed by atoms with Crippen LogP contribution in [0.15, 0.2) is 40.8 Å². The number of benzene rings is 1. The van der Waals surface area contributed by atoms with E-state index in [0.717, 1.165) is 32.8 Å². The molecule has 1 N–H and O–H groups in total. The number of hydrogen-bond acceptors (Lipinski definition) is 5. The third kappa shape index (κ3) is 3.90. The molecule has 1 aromatic carbocycles. The van der Waals surface area contributed by atoms with Crippen molar-refractivity contribution in [3.8, 4) is 11.3 Å². The topological polar surface area (TPSA) is 71.8 Å². The van der Waals surface area contributed by atoms with Crippen LogP contribution in [-0.2, 0) is 4.74 Å². The van der Waals surface area contributed by atoms with Crippen molar-refractivity contribution in [1.29, 1.82) is 0 Å². The molecule has 1 aromatic heterocycles.